The average molecular weight is 263 g/mol. The van der Waals surface area contributed by atoms with E-state index < -0.39 is 0 Å². The normalized spacial score (nSPS) is 18.9. The Bertz CT molecular complexity index is 600. The standard InChI is InChI=1S/C12H13N3O2S/c13-10-9(7-3-4-16-5-8(7)18-10)12-14-11(15-17-12)6-1-2-6/h6H,1-5,13H2. The van der Waals surface area contributed by atoms with Crippen LogP contribution in [0.25, 0.3) is 11.5 Å². The fourth-order valence-electron chi connectivity index (χ4n) is 2.33. The molecule has 0 bridgehead atoms. The SMILES string of the molecule is Nc1sc2c(c1-c1nc(C3CC3)no1)CCOC2. The number of nitrogens with two attached hydrogens (primary N) is 1. The molecular formula is C12H13N3O2S. The van der Waals surface area contributed by atoms with Gasteiger partial charge in [0.05, 0.1) is 23.8 Å². The van der Waals surface area contributed by atoms with Gasteiger partial charge in [-0.3, -0.25) is 0 Å². The number of anilines is 1. The van der Waals surface area contributed by atoms with Gasteiger partial charge in [-0.1, -0.05) is 5.16 Å². The summed E-state index contributed by atoms with van der Waals surface area (Å²) >= 11 is 1.57. The second-order valence-corrected chi connectivity index (χ2v) is 5.91. The summed E-state index contributed by atoms with van der Waals surface area (Å²) < 4.78 is 10.8. The van der Waals surface area contributed by atoms with Crippen LogP contribution < -0.4 is 5.73 Å². The molecule has 0 aromatic carbocycles. The third kappa shape index (κ3) is 1.56. The van der Waals surface area contributed by atoms with Gasteiger partial charge in [0.1, 0.15) is 0 Å². The van der Waals surface area contributed by atoms with Gasteiger partial charge >= 0.3 is 0 Å². The van der Waals surface area contributed by atoms with Gasteiger partial charge in [-0.25, -0.2) is 0 Å². The van der Waals surface area contributed by atoms with Crippen molar-refractivity contribution in [3.05, 3.63) is 16.3 Å². The first-order chi connectivity index (χ1) is 8.83. The minimum Gasteiger partial charge on any atom is -0.390 e. The number of fused-ring (bicyclic) bond motifs is 1. The van der Waals surface area contributed by atoms with Crippen molar-refractivity contribution >= 4 is 16.3 Å². The smallest absolute Gasteiger partial charge is 0.261 e. The van der Waals surface area contributed by atoms with Crippen LogP contribution in [0, 0.1) is 0 Å². The summed E-state index contributed by atoms with van der Waals surface area (Å²) in [6.45, 7) is 1.38. The zero-order valence-electron chi connectivity index (χ0n) is 9.81. The molecule has 1 saturated carbocycles. The maximum absolute atomic E-state index is 6.09. The van der Waals surface area contributed by atoms with Gasteiger partial charge < -0.3 is 15.0 Å². The number of hydrogen-bond donors (Lipinski definition) is 1. The number of rotatable bonds is 2. The Kier molecular flexibility index (Phi) is 2.22. The van der Waals surface area contributed by atoms with E-state index in [1.807, 2.05) is 0 Å². The van der Waals surface area contributed by atoms with Gasteiger partial charge in [0.2, 0.25) is 0 Å². The van der Waals surface area contributed by atoms with Gasteiger partial charge in [-0.2, -0.15) is 4.98 Å². The summed E-state index contributed by atoms with van der Waals surface area (Å²) in [6.07, 6.45) is 3.22. The second-order valence-electron chi connectivity index (χ2n) is 4.78. The maximum Gasteiger partial charge on any atom is 0.261 e. The van der Waals surface area contributed by atoms with Crippen LogP contribution in [0.15, 0.2) is 4.52 Å². The van der Waals surface area contributed by atoms with Crippen LogP contribution in [0.1, 0.15) is 35.0 Å². The molecule has 6 heteroatoms. The molecule has 0 unspecified atom stereocenters. The Labute approximate surface area is 108 Å². The molecule has 4 rings (SSSR count). The van der Waals surface area contributed by atoms with E-state index in [-0.39, 0.29) is 0 Å². The molecule has 2 aromatic rings. The van der Waals surface area contributed by atoms with Crippen molar-refractivity contribution < 1.29 is 9.26 Å². The van der Waals surface area contributed by atoms with Gasteiger partial charge in [-0.15, -0.1) is 11.3 Å². The first kappa shape index (κ1) is 10.5. The highest BCUT2D eigenvalue weighted by molar-refractivity contribution is 7.16. The highest BCUT2D eigenvalue weighted by Crippen LogP contribution is 2.43. The molecule has 94 valence electrons. The fraction of sp³-hybridized carbons (Fsp3) is 0.500. The molecule has 0 radical (unpaired) electrons. The Morgan fingerprint density at radius 2 is 2.22 bits per heavy atom. The van der Waals surface area contributed by atoms with E-state index in [9.17, 15) is 0 Å². The van der Waals surface area contributed by atoms with E-state index in [2.05, 4.69) is 10.1 Å². The van der Waals surface area contributed by atoms with E-state index in [1.165, 1.54) is 23.3 Å². The lowest BCUT2D eigenvalue weighted by atomic mass is 10.1. The van der Waals surface area contributed by atoms with Crippen molar-refractivity contribution in [1.29, 1.82) is 0 Å². The number of thiophene rings is 1. The molecule has 2 N–H and O–H groups in total. The molecule has 2 aliphatic rings. The highest BCUT2D eigenvalue weighted by Gasteiger charge is 2.31. The third-order valence-electron chi connectivity index (χ3n) is 3.45. The predicted octanol–water partition coefficient (Wildman–Crippen LogP) is 2.33. The van der Waals surface area contributed by atoms with Crippen LogP contribution in [0.3, 0.4) is 0 Å². The third-order valence-corrected chi connectivity index (χ3v) is 4.48. The molecular weight excluding hydrogens is 250 g/mol. The zero-order chi connectivity index (χ0) is 12.1. The van der Waals surface area contributed by atoms with E-state index in [0.29, 0.717) is 18.4 Å². The fourth-order valence-corrected chi connectivity index (χ4v) is 3.38. The van der Waals surface area contributed by atoms with Crippen molar-refractivity contribution in [1.82, 2.24) is 10.1 Å². The molecule has 1 aliphatic heterocycles. The molecule has 5 nitrogen and oxygen atoms in total. The first-order valence-electron chi connectivity index (χ1n) is 6.14. The second kappa shape index (κ2) is 3.80. The van der Waals surface area contributed by atoms with Crippen molar-refractivity contribution in [3.8, 4) is 11.5 Å². The summed E-state index contributed by atoms with van der Waals surface area (Å²) in [6, 6.07) is 0. The molecule has 18 heavy (non-hydrogen) atoms. The maximum atomic E-state index is 6.09. The van der Waals surface area contributed by atoms with Crippen molar-refractivity contribution in [3.63, 3.8) is 0 Å². The molecule has 1 fully saturated rings. The van der Waals surface area contributed by atoms with Crippen LogP contribution in [0.2, 0.25) is 0 Å². The quantitative estimate of drug-likeness (QED) is 0.900. The minimum absolute atomic E-state index is 0.501. The monoisotopic (exact) mass is 263 g/mol. The Morgan fingerprint density at radius 1 is 1.33 bits per heavy atom. The van der Waals surface area contributed by atoms with Crippen LogP contribution in [0.4, 0.5) is 5.00 Å². The molecule has 3 heterocycles. The van der Waals surface area contributed by atoms with Crippen LogP contribution >= 0.6 is 11.3 Å². The number of nitrogens with zero attached hydrogens (tertiary/aromatic N) is 2. The minimum atomic E-state index is 0.501. The van der Waals surface area contributed by atoms with Crippen molar-refractivity contribution in [2.24, 2.45) is 0 Å². The molecule has 2 aromatic heterocycles. The summed E-state index contributed by atoms with van der Waals surface area (Å²) in [5, 5.41) is 4.82. The summed E-state index contributed by atoms with van der Waals surface area (Å²) in [4.78, 5) is 5.69. The van der Waals surface area contributed by atoms with E-state index in [1.54, 1.807) is 11.3 Å². The van der Waals surface area contributed by atoms with E-state index in [0.717, 1.165) is 29.4 Å². The Morgan fingerprint density at radius 3 is 3.06 bits per heavy atom. The largest absolute Gasteiger partial charge is 0.390 e. The van der Waals surface area contributed by atoms with Gasteiger partial charge in [-0.05, 0) is 24.8 Å². The van der Waals surface area contributed by atoms with Crippen LogP contribution in [0.5, 0.6) is 0 Å². The van der Waals surface area contributed by atoms with Crippen molar-refractivity contribution in [2.45, 2.75) is 31.8 Å². The van der Waals surface area contributed by atoms with Crippen LogP contribution in [-0.2, 0) is 17.8 Å². The van der Waals surface area contributed by atoms with Gasteiger partial charge in [0.15, 0.2) is 5.82 Å². The molecule has 0 spiro atoms. The number of aromatic nitrogens is 2. The highest BCUT2D eigenvalue weighted by atomic mass is 32.1. The molecule has 0 atom stereocenters. The number of nitrogen functional groups attached to an aromatic ring is 1. The van der Waals surface area contributed by atoms with Gasteiger partial charge in [0.25, 0.3) is 5.89 Å². The molecule has 0 saturated heterocycles. The first-order valence-corrected chi connectivity index (χ1v) is 6.96. The average Bonchev–Trinajstić information content (AvgIpc) is 3.01. The van der Waals surface area contributed by atoms with E-state index in [4.69, 9.17) is 15.0 Å². The Balaban J connectivity index is 1.80. The van der Waals surface area contributed by atoms with Crippen molar-refractivity contribution in [2.75, 3.05) is 12.3 Å². The number of ether oxygens (including phenoxy) is 1. The lowest BCUT2D eigenvalue weighted by molar-refractivity contribution is 0.113. The lowest BCUT2D eigenvalue weighted by Crippen LogP contribution is -2.07. The summed E-state index contributed by atoms with van der Waals surface area (Å²) in [7, 11) is 0. The van der Waals surface area contributed by atoms with Crippen LogP contribution in [-0.4, -0.2) is 16.7 Å². The molecule has 1 aliphatic carbocycles. The number of hydrogen-bond acceptors (Lipinski definition) is 6. The summed E-state index contributed by atoms with van der Waals surface area (Å²) in [5.74, 6) is 1.91. The zero-order valence-corrected chi connectivity index (χ0v) is 10.6. The molecule has 0 amide bonds. The Hall–Kier alpha value is -1.40. The van der Waals surface area contributed by atoms with Gasteiger partial charge in [0, 0.05) is 10.8 Å². The van der Waals surface area contributed by atoms with E-state index >= 15 is 0 Å². The summed E-state index contributed by atoms with van der Waals surface area (Å²) in [5.41, 5.74) is 8.26. The topological polar surface area (TPSA) is 74.2 Å². The predicted molar refractivity (Wildman–Crippen MR) is 67.4 cm³/mol. The lowest BCUT2D eigenvalue weighted by Gasteiger charge is -2.12.